The van der Waals surface area contributed by atoms with E-state index in [0.29, 0.717) is 39.3 Å². The molecule has 0 unspecified atom stereocenters. The van der Waals surface area contributed by atoms with Crippen molar-refractivity contribution in [1.82, 2.24) is 24.7 Å². The SMILES string of the molecule is COc1ccc(Nc2ncc3c4n[nH]cc4c(=O)n(-c4cccc(-c5cccc(N)c5)c4)c3n2)cc1. The molecule has 3 aromatic heterocycles. The van der Waals surface area contributed by atoms with E-state index in [-0.39, 0.29) is 5.56 Å². The van der Waals surface area contributed by atoms with Crippen LogP contribution in [0.2, 0.25) is 0 Å². The van der Waals surface area contributed by atoms with Gasteiger partial charge in [-0.15, -0.1) is 0 Å². The van der Waals surface area contributed by atoms with Gasteiger partial charge in [0.15, 0.2) is 5.65 Å². The van der Waals surface area contributed by atoms with Gasteiger partial charge in [-0.3, -0.25) is 14.5 Å². The highest BCUT2D eigenvalue weighted by molar-refractivity contribution is 6.02. The average molecular weight is 476 g/mol. The van der Waals surface area contributed by atoms with E-state index in [1.54, 1.807) is 24.1 Å². The fourth-order valence-electron chi connectivity index (χ4n) is 4.23. The third kappa shape index (κ3) is 3.68. The summed E-state index contributed by atoms with van der Waals surface area (Å²) in [4.78, 5) is 22.8. The van der Waals surface area contributed by atoms with Gasteiger partial charge >= 0.3 is 0 Å². The number of nitrogens with one attached hydrogen (secondary N) is 2. The standard InChI is InChI=1S/C27H21N7O2/c1-36-21-10-8-19(9-11-21)31-27-29-14-22-24-23(15-30-33-24)26(35)34(25(22)32-27)20-7-3-5-17(13-20)16-4-2-6-18(28)12-16/h2-15H,28H2,1H3,(H,30,33)(H,29,31,32). The highest BCUT2D eigenvalue weighted by atomic mass is 16.5. The molecule has 0 radical (unpaired) electrons. The lowest BCUT2D eigenvalue weighted by atomic mass is 10.0. The molecule has 6 rings (SSSR count). The van der Waals surface area contributed by atoms with Crippen LogP contribution in [0.15, 0.2) is 90.0 Å². The second-order valence-corrected chi connectivity index (χ2v) is 8.25. The third-order valence-corrected chi connectivity index (χ3v) is 5.98. The Morgan fingerprint density at radius 3 is 2.53 bits per heavy atom. The van der Waals surface area contributed by atoms with Gasteiger partial charge in [0, 0.05) is 23.8 Å². The third-order valence-electron chi connectivity index (χ3n) is 5.98. The number of H-pyrrole nitrogens is 1. The number of pyridine rings is 1. The summed E-state index contributed by atoms with van der Waals surface area (Å²) in [6.07, 6.45) is 3.27. The van der Waals surface area contributed by atoms with Gasteiger partial charge in [0.1, 0.15) is 11.3 Å². The van der Waals surface area contributed by atoms with Crippen molar-refractivity contribution in [1.29, 1.82) is 0 Å². The Kier molecular flexibility index (Phi) is 5.07. The smallest absolute Gasteiger partial charge is 0.267 e. The van der Waals surface area contributed by atoms with Gasteiger partial charge in [-0.1, -0.05) is 24.3 Å². The summed E-state index contributed by atoms with van der Waals surface area (Å²) in [5.41, 5.74) is 10.7. The van der Waals surface area contributed by atoms with Crippen molar-refractivity contribution in [2.75, 3.05) is 18.2 Å². The lowest BCUT2D eigenvalue weighted by Crippen LogP contribution is -2.20. The van der Waals surface area contributed by atoms with Crippen LogP contribution in [0, 0.1) is 0 Å². The summed E-state index contributed by atoms with van der Waals surface area (Å²) in [5, 5.41) is 11.4. The van der Waals surface area contributed by atoms with Gasteiger partial charge in [-0.2, -0.15) is 10.1 Å². The predicted molar refractivity (Wildman–Crippen MR) is 141 cm³/mol. The number of nitrogen functional groups attached to an aromatic ring is 1. The van der Waals surface area contributed by atoms with Crippen molar-refractivity contribution in [3.63, 3.8) is 0 Å². The van der Waals surface area contributed by atoms with Crippen LogP contribution in [0.25, 0.3) is 38.8 Å². The van der Waals surface area contributed by atoms with Gasteiger partial charge in [0.2, 0.25) is 5.95 Å². The maximum Gasteiger partial charge on any atom is 0.267 e. The van der Waals surface area contributed by atoms with E-state index in [1.165, 1.54) is 0 Å². The Bertz CT molecular complexity index is 1790. The summed E-state index contributed by atoms with van der Waals surface area (Å²) in [6.45, 7) is 0. The quantitative estimate of drug-likeness (QED) is 0.310. The van der Waals surface area contributed by atoms with E-state index in [4.69, 9.17) is 15.5 Å². The van der Waals surface area contributed by atoms with E-state index in [2.05, 4.69) is 20.5 Å². The first-order valence-corrected chi connectivity index (χ1v) is 11.2. The number of aromatic nitrogens is 5. The molecule has 4 N–H and O–H groups in total. The minimum Gasteiger partial charge on any atom is -0.497 e. The fraction of sp³-hybridized carbons (Fsp3) is 0.0370. The largest absolute Gasteiger partial charge is 0.497 e. The number of nitrogens with zero attached hydrogens (tertiary/aromatic N) is 4. The summed E-state index contributed by atoms with van der Waals surface area (Å²) in [6, 6.07) is 22.7. The summed E-state index contributed by atoms with van der Waals surface area (Å²) in [5.74, 6) is 1.09. The fourth-order valence-corrected chi connectivity index (χ4v) is 4.23. The highest BCUT2D eigenvalue weighted by Crippen LogP contribution is 2.27. The molecule has 0 spiro atoms. The first-order valence-electron chi connectivity index (χ1n) is 11.2. The monoisotopic (exact) mass is 475 g/mol. The number of hydrogen-bond acceptors (Lipinski definition) is 7. The first kappa shape index (κ1) is 21.4. The van der Waals surface area contributed by atoms with Crippen molar-refractivity contribution in [2.24, 2.45) is 0 Å². The van der Waals surface area contributed by atoms with Gasteiger partial charge in [-0.25, -0.2) is 4.98 Å². The van der Waals surface area contributed by atoms with Crippen molar-refractivity contribution >= 4 is 39.3 Å². The van der Waals surface area contributed by atoms with Crippen LogP contribution in [-0.4, -0.2) is 31.8 Å². The molecule has 9 nitrogen and oxygen atoms in total. The zero-order valence-corrected chi connectivity index (χ0v) is 19.3. The molecule has 0 atom stereocenters. The predicted octanol–water partition coefficient (Wildman–Crippen LogP) is 4.66. The molecule has 0 saturated carbocycles. The Balaban J connectivity index is 1.53. The minimum atomic E-state index is -0.231. The van der Waals surface area contributed by atoms with Gasteiger partial charge in [0.25, 0.3) is 5.56 Å². The second kappa shape index (κ2) is 8.55. The second-order valence-electron chi connectivity index (χ2n) is 8.25. The number of methoxy groups -OCH3 is 1. The molecule has 0 aliphatic rings. The molecule has 9 heteroatoms. The summed E-state index contributed by atoms with van der Waals surface area (Å²) < 4.78 is 6.81. The van der Waals surface area contributed by atoms with Gasteiger partial charge in [-0.05, 0) is 59.7 Å². The molecule has 0 fully saturated rings. The van der Waals surface area contributed by atoms with Gasteiger partial charge < -0.3 is 15.8 Å². The summed E-state index contributed by atoms with van der Waals surface area (Å²) in [7, 11) is 1.62. The molecular weight excluding hydrogens is 454 g/mol. The first-order chi connectivity index (χ1) is 17.6. The Morgan fingerprint density at radius 2 is 1.75 bits per heavy atom. The van der Waals surface area contributed by atoms with Crippen molar-refractivity contribution < 1.29 is 4.74 Å². The van der Waals surface area contributed by atoms with Crippen LogP contribution in [0.3, 0.4) is 0 Å². The molecule has 6 aromatic rings. The number of anilines is 3. The van der Waals surface area contributed by atoms with E-state index in [1.807, 2.05) is 72.8 Å². The number of rotatable bonds is 5. The molecular formula is C27H21N7O2. The van der Waals surface area contributed by atoms with Crippen LogP contribution in [0.5, 0.6) is 5.75 Å². The number of fused-ring (bicyclic) bond motifs is 3. The van der Waals surface area contributed by atoms with E-state index in [9.17, 15) is 4.79 Å². The Morgan fingerprint density at radius 1 is 0.972 bits per heavy atom. The molecule has 36 heavy (non-hydrogen) atoms. The molecule has 0 aliphatic heterocycles. The number of hydrogen-bond donors (Lipinski definition) is 3. The zero-order valence-electron chi connectivity index (χ0n) is 19.3. The number of benzene rings is 3. The van der Waals surface area contributed by atoms with Crippen LogP contribution < -0.4 is 21.3 Å². The zero-order chi connectivity index (χ0) is 24.6. The molecule has 0 amide bonds. The number of ether oxygens (including phenoxy) is 1. The maximum atomic E-state index is 13.6. The van der Waals surface area contributed by atoms with Crippen molar-refractivity contribution in [2.45, 2.75) is 0 Å². The van der Waals surface area contributed by atoms with Crippen LogP contribution in [-0.2, 0) is 0 Å². The van der Waals surface area contributed by atoms with E-state index >= 15 is 0 Å². The van der Waals surface area contributed by atoms with E-state index in [0.717, 1.165) is 22.6 Å². The molecule has 0 aliphatic carbocycles. The lowest BCUT2D eigenvalue weighted by Gasteiger charge is -2.13. The molecule has 0 bridgehead atoms. The topological polar surface area (TPSA) is 124 Å². The van der Waals surface area contributed by atoms with Crippen LogP contribution in [0.4, 0.5) is 17.3 Å². The Hall–Kier alpha value is -5.18. The number of aromatic amines is 1. The molecule has 176 valence electrons. The van der Waals surface area contributed by atoms with Gasteiger partial charge in [0.05, 0.1) is 23.6 Å². The molecule has 3 aromatic carbocycles. The summed E-state index contributed by atoms with van der Waals surface area (Å²) >= 11 is 0. The van der Waals surface area contributed by atoms with Crippen LogP contribution >= 0.6 is 0 Å². The maximum absolute atomic E-state index is 13.6. The molecule has 0 saturated heterocycles. The minimum absolute atomic E-state index is 0.231. The molecule has 3 heterocycles. The highest BCUT2D eigenvalue weighted by Gasteiger charge is 2.17. The van der Waals surface area contributed by atoms with Crippen molar-refractivity contribution in [3.8, 4) is 22.6 Å². The Labute approximate surface area is 205 Å². The lowest BCUT2D eigenvalue weighted by molar-refractivity contribution is 0.415. The van der Waals surface area contributed by atoms with Crippen LogP contribution in [0.1, 0.15) is 0 Å². The van der Waals surface area contributed by atoms with E-state index < -0.39 is 0 Å². The normalized spacial score (nSPS) is 11.1. The average Bonchev–Trinajstić information content (AvgIpc) is 3.40. The number of nitrogens with two attached hydrogens (primary N) is 1. The van der Waals surface area contributed by atoms with Crippen molar-refractivity contribution in [3.05, 3.63) is 95.5 Å².